The highest BCUT2D eigenvalue weighted by Crippen LogP contribution is 2.44. The third-order valence-corrected chi connectivity index (χ3v) is 9.02. The van der Waals surface area contributed by atoms with Gasteiger partial charge in [0, 0.05) is 31.5 Å². The Kier molecular flexibility index (Phi) is 9.80. The van der Waals surface area contributed by atoms with Crippen molar-refractivity contribution in [3.63, 3.8) is 0 Å². The van der Waals surface area contributed by atoms with Crippen LogP contribution in [0.25, 0.3) is 11.1 Å². The molecule has 1 heterocycles. The number of hydrogen-bond donors (Lipinski definition) is 2. The number of nitrogens with zero attached hydrogens (tertiary/aromatic N) is 1. The van der Waals surface area contributed by atoms with Gasteiger partial charge in [0.25, 0.3) is 0 Å². The van der Waals surface area contributed by atoms with Crippen molar-refractivity contribution in [2.45, 2.75) is 50.7 Å². The molecule has 0 aromatic heterocycles. The maximum atomic E-state index is 13.8. The monoisotopic (exact) mass is 645 g/mol. The molecule has 4 aromatic rings. The summed E-state index contributed by atoms with van der Waals surface area (Å²) >= 11 is 0. The Labute approximate surface area is 282 Å². The minimum absolute atomic E-state index is 0.0474. The van der Waals surface area contributed by atoms with E-state index in [1.807, 2.05) is 60.7 Å². The van der Waals surface area contributed by atoms with Crippen LogP contribution in [-0.2, 0) is 14.3 Å². The van der Waals surface area contributed by atoms with Gasteiger partial charge in [-0.2, -0.15) is 0 Å². The van der Waals surface area contributed by atoms with E-state index >= 15 is 0 Å². The fourth-order valence-corrected chi connectivity index (χ4v) is 6.85. The Hall–Kier alpha value is -5.11. The lowest BCUT2D eigenvalue weighted by atomic mass is 9.90. The summed E-state index contributed by atoms with van der Waals surface area (Å²) in [5, 5.41) is 6.05. The van der Waals surface area contributed by atoms with Crippen molar-refractivity contribution >= 4 is 18.1 Å². The first-order chi connectivity index (χ1) is 23.2. The summed E-state index contributed by atoms with van der Waals surface area (Å²) in [6, 6.07) is 36.0. The maximum Gasteiger partial charge on any atom is 0.409 e. The zero-order valence-electron chi connectivity index (χ0n) is 27.7. The Bertz CT molecular complexity index is 1630. The van der Waals surface area contributed by atoms with Crippen LogP contribution in [0.15, 0.2) is 109 Å². The van der Waals surface area contributed by atoms with Crippen LogP contribution in [0.2, 0.25) is 0 Å². The zero-order chi connectivity index (χ0) is 33.7. The van der Waals surface area contributed by atoms with Crippen molar-refractivity contribution in [1.82, 2.24) is 15.5 Å². The third-order valence-electron chi connectivity index (χ3n) is 9.02. The molecule has 2 N–H and O–H groups in total. The molecule has 1 fully saturated rings. The van der Waals surface area contributed by atoms with E-state index < -0.39 is 29.7 Å². The number of benzene rings is 4. The van der Waals surface area contributed by atoms with Gasteiger partial charge in [-0.15, -0.1) is 0 Å². The Morgan fingerprint density at radius 1 is 0.771 bits per heavy atom. The molecule has 1 saturated heterocycles. The lowest BCUT2D eigenvalue weighted by Gasteiger charge is -2.37. The lowest BCUT2D eigenvalue weighted by molar-refractivity contribution is -0.126. The summed E-state index contributed by atoms with van der Waals surface area (Å²) in [6.07, 6.45) is -0.745. The van der Waals surface area contributed by atoms with Gasteiger partial charge >= 0.3 is 12.2 Å². The van der Waals surface area contributed by atoms with Gasteiger partial charge in [-0.25, -0.2) is 9.59 Å². The number of ether oxygens (including phenoxy) is 2. The normalized spacial score (nSPS) is 17.3. The number of rotatable bonds is 8. The van der Waals surface area contributed by atoms with E-state index in [2.05, 4.69) is 59.2 Å². The molecular formula is C40H43N3O5. The van der Waals surface area contributed by atoms with Crippen LogP contribution in [0.1, 0.15) is 61.3 Å². The second kappa shape index (κ2) is 14.3. The van der Waals surface area contributed by atoms with E-state index in [1.54, 1.807) is 20.8 Å². The molecule has 0 spiro atoms. The fourth-order valence-electron chi connectivity index (χ4n) is 6.85. The molecule has 8 heteroatoms. The summed E-state index contributed by atoms with van der Waals surface area (Å²) in [5.41, 5.74) is 6.04. The van der Waals surface area contributed by atoms with E-state index in [0.717, 1.165) is 33.4 Å². The van der Waals surface area contributed by atoms with Crippen molar-refractivity contribution in [3.05, 3.63) is 131 Å². The van der Waals surface area contributed by atoms with E-state index in [0.29, 0.717) is 13.0 Å². The molecule has 2 atom stereocenters. The first-order valence-corrected chi connectivity index (χ1v) is 16.6. The van der Waals surface area contributed by atoms with Crippen molar-refractivity contribution in [2.24, 2.45) is 5.92 Å². The minimum Gasteiger partial charge on any atom is -0.448 e. The Morgan fingerprint density at radius 2 is 1.31 bits per heavy atom. The summed E-state index contributed by atoms with van der Waals surface area (Å²) < 4.78 is 11.5. The summed E-state index contributed by atoms with van der Waals surface area (Å²) in [7, 11) is 0. The summed E-state index contributed by atoms with van der Waals surface area (Å²) in [5.74, 6) is -0.881. The van der Waals surface area contributed by atoms with Crippen LogP contribution in [0, 0.1) is 5.92 Å². The molecule has 4 aromatic carbocycles. The van der Waals surface area contributed by atoms with Crippen LogP contribution in [0.5, 0.6) is 0 Å². The molecule has 1 aliphatic heterocycles. The van der Waals surface area contributed by atoms with Crippen molar-refractivity contribution in [2.75, 3.05) is 26.2 Å². The van der Waals surface area contributed by atoms with Crippen molar-refractivity contribution in [3.8, 4) is 11.1 Å². The van der Waals surface area contributed by atoms with Gasteiger partial charge < -0.3 is 25.0 Å². The standard InChI is InChI=1S/C40H43N3O5/c1-40(2,3)48-38(45)42-30-22-29(37(44)41-23-35(27-14-6-4-7-15-27)28-16-8-5-9-17-28)24-43(25-30)39(46)47-26-36-33-20-12-10-18-31(33)32-19-11-13-21-34(32)36/h4-21,29-30,35-36H,22-26H2,1-3H3,(H,41,44)(H,42,45). The zero-order valence-corrected chi connectivity index (χ0v) is 27.7. The van der Waals surface area contributed by atoms with Crippen LogP contribution in [0.4, 0.5) is 9.59 Å². The number of amides is 3. The maximum absolute atomic E-state index is 13.8. The average molecular weight is 646 g/mol. The molecule has 2 aliphatic rings. The Balaban J connectivity index is 1.16. The lowest BCUT2D eigenvalue weighted by Crippen LogP contribution is -2.56. The second-order valence-electron chi connectivity index (χ2n) is 13.6. The molecule has 2 unspecified atom stereocenters. The fraction of sp³-hybridized carbons (Fsp3) is 0.325. The van der Waals surface area contributed by atoms with Gasteiger partial charge in [-0.1, -0.05) is 109 Å². The van der Waals surface area contributed by atoms with Crippen LogP contribution in [-0.4, -0.2) is 60.9 Å². The molecule has 3 amide bonds. The summed E-state index contributed by atoms with van der Waals surface area (Å²) in [4.78, 5) is 41.8. The van der Waals surface area contributed by atoms with Gasteiger partial charge in [-0.3, -0.25) is 4.79 Å². The molecule has 0 bridgehead atoms. The van der Waals surface area contributed by atoms with Gasteiger partial charge in [-0.05, 0) is 60.6 Å². The SMILES string of the molecule is CC(C)(C)OC(=O)NC1CC(C(=O)NCC(c2ccccc2)c2ccccc2)CN(C(=O)OCC2c3ccccc3-c3ccccc32)C1. The van der Waals surface area contributed by atoms with Gasteiger partial charge in [0.05, 0.1) is 12.0 Å². The summed E-state index contributed by atoms with van der Waals surface area (Å²) in [6.45, 7) is 6.32. The Morgan fingerprint density at radius 3 is 1.88 bits per heavy atom. The quantitative estimate of drug-likeness (QED) is 0.213. The number of likely N-dealkylation sites (tertiary alicyclic amines) is 1. The first-order valence-electron chi connectivity index (χ1n) is 16.6. The van der Waals surface area contributed by atoms with Crippen molar-refractivity contribution in [1.29, 1.82) is 0 Å². The van der Waals surface area contributed by atoms with Crippen molar-refractivity contribution < 1.29 is 23.9 Å². The molecule has 1 aliphatic carbocycles. The smallest absolute Gasteiger partial charge is 0.409 e. The van der Waals surface area contributed by atoms with E-state index in [9.17, 15) is 14.4 Å². The number of carbonyl (C=O) groups is 3. The largest absolute Gasteiger partial charge is 0.448 e. The highest BCUT2D eigenvalue weighted by molar-refractivity contribution is 5.81. The molecule has 248 valence electrons. The molecular weight excluding hydrogens is 602 g/mol. The number of carbonyl (C=O) groups excluding carboxylic acids is 3. The van der Waals surface area contributed by atoms with E-state index in [-0.39, 0.29) is 37.4 Å². The van der Waals surface area contributed by atoms with Gasteiger partial charge in [0.15, 0.2) is 0 Å². The molecule has 8 nitrogen and oxygen atoms in total. The minimum atomic E-state index is -0.689. The average Bonchev–Trinajstić information content (AvgIpc) is 3.40. The number of alkyl carbamates (subject to hydrolysis) is 1. The molecule has 48 heavy (non-hydrogen) atoms. The number of piperidine rings is 1. The predicted molar refractivity (Wildman–Crippen MR) is 186 cm³/mol. The number of nitrogens with one attached hydrogen (secondary N) is 2. The topological polar surface area (TPSA) is 97.0 Å². The second-order valence-corrected chi connectivity index (χ2v) is 13.6. The van der Waals surface area contributed by atoms with Crippen LogP contribution < -0.4 is 10.6 Å². The highest BCUT2D eigenvalue weighted by Gasteiger charge is 2.37. The molecule has 0 radical (unpaired) electrons. The first kappa shape index (κ1) is 32.8. The predicted octanol–water partition coefficient (Wildman–Crippen LogP) is 7.10. The molecule has 6 rings (SSSR count). The van der Waals surface area contributed by atoms with Gasteiger partial charge in [0.2, 0.25) is 5.91 Å². The third kappa shape index (κ3) is 7.71. The van der Waals surface area contributed by atoms with Gasteiger partial charge in [0.1, 0.15) is 12.2 Å². The number of fused-ring (bicyclic) bond motifs is 3. The molecule has 0 saturated carbocycles. The van der Waals surface area contributed by atoms with Crippen LogP contribution in [0.3, 0.4) is 0 Å². The number of hydrogen-bond acceptors (Lipinski definition) is 5. The van der Waals surface area contributed by atoms with Crippen LogP contribution >= 0.6 is 0 Å². The van der Waals surface area contributed by atoms with E-state index in [1.165, 1.54) is 4.90 Å². The van der Waals surface area contributed by atoms with E-state index in [4.69, 9.17) is 9.47 Å². The highest BCUT2D eigenvalue weighted by atomic mass is 16.6.